The van der Waals surface area contributed by atoms with Crippen LogP contribution in [0.1, 0.15) is 38.2 Å². The van der Waals surface area contributed by atoms with Crippen LogP contribution in [0.5, 0.6) is 5.75 Å². The molecule has 20 heavy (non-hydrogen) atoms. The number of anilines is 1. The molecule has 1 atom stereocenters. The average Bonchev–Trinajstić information content (AvgIpc) is 2.48. The van der Waals surface area contributed by atoms with E-state index in [-0.39, 0.29) is 5.54 Å². The molecular formula is C17H26N2O. The van der Waals surface area contributed by atoms with Crippen molar-refractivity contribution in [1.82, 2.24) is 4.90 Å². The number of likely N-dealkylation sites (tertiary alicyclic amines) is 1. The van der Waals surface area contributed by atoms with Gasteiger partial charge < -0.3 is 10.1 Å². The van der Waals surface area contributed by atoms with E-state index in [1.54, 1.807) is 0 Å². The van der Waals surface area contributed by atoms with E-state index in [9.17, 15) is 0 Å². The highest BCUT2D eigenvalue weighted by molar-refractivity contribution is 5.56. The number of ether oxygens (including phenoxy) is 1. The zero-order valence-electron chi connectivity index (χ0n) is 12.7. The fourth-order valence-electron chi connectivity index (χ4n) is 3.27. The van der Waals surface area contributed by atoms with Crippen molar-refractivity contribution in [3.8, 4) is 5.75 Å². The van der Waals surface area contributed by atoms with E-state index in [0.717, 1.165) is 18.9 Å². The maximum Gasteiger partial charge on any atom is 0.121 e. The summed E-state index contributed by atoms with van der Waals surface area (Å²) in [4.78, 5) is 2.45. The van der Waals surface area contributed by atoms with Gasteiger partial charge in [-0.2, -0.15) is 0 Å². The molecule has 1 aromatic rings. The highest BCUT2D eigenvalue weighted by atomic mass is 16.5. The third-order valence-electron chi connectivity index (χ3n) is 4.95. The van der Waals surface area contributed by atoms with Crippen LogP contribution in [0.15, 0.2) is 18.2 Å². The van der Waals surface area contributed by atoms with Crippen LogP contribution in [0.25, 0.3) is 0 Å². The molecule has 2 aliphatic rings. The molecule has 0 aromatic heterocycles. The fourth-order valence-corrected chi connectivity index (χ4v) is 3.27. The van der Waals surface area contributed by atoms with Gasteiger partial charge in [-0.15, -0.1) is 0 Å². The van der Waals surface area contributed by atoms with Gasteiger partial charge in [0.25, 0.3) is 0 Å². The van der Waals surface area contributed by atoms with Crippen molar-refractivity contribution in [2.24, 2.45) is 0 Å². The van der Waals surface area contributed by atoms with E-state index in [2.05, 4.69) is 42.4 Å². The van der Waals surface area contributed by atoms with Crippen molar-refractivity contribution in [3.05, 3.63) is 23.8 Å². The van der Waals surface area contributed by atoms with E-state index in [0.29, 0.717) is 0 Å². The summed E-state index contributed by atoms with van der Waals surface area (Å²) in [6.45, 7) is 5.37. The van der Waals surface area contributed by atoms with E-state index < -0.39 is 0 Å². The molecule has 1 aromatic carbocycles. The number of hydrogen-bond donors (Lipinski definition) is 1. The van der Waals surface area contributed by atoms with Gasteiger partial charge in [-0.3, -0.25) is 4.90 Å². The molecule has 2 aliphatic heterocycles. The molecule has 1 unspecified atom stereocenters. The SMILES string of the molecule is CN1CCCCC1(C)COc1ccc2c(c1)NCCC2. The lowest BCUT2D eigenvalue weighted by Gasteiger charge is -2.42. The summed E-state index contributed by atoms with van der Waals surface area (Å²) >= 11 is 0. The topological polar surface area (TPSA) is 24.5 Å². The Kier molecular flexibility index (Phi) is 3.88. The number of aryl methyl sites for hydroxylation is 1. The molecule has 3 nitrogen and oxygen atoms in total. The van der Waals surface area contributed by atoms with Crippen LogP contribution in [0.3, 0.4) is 0 Å². The summed E-state index contributed by atoms with van der Waals surface area (Å²) in [6, 6.07) is 6.50. The monoisotopic (exact) mass is 274 g/mol. The second-order valence-corrected chi connectivity index (χ2v) is 6.51. The van der Waals surface area contributed by atoms with E-state index in [1.807, 2.05) is 0 Å². The van der Waals surface area contributed by atoms with E-state index in [4.69, 9.17) is 4.74 Å². The van der Waals surface area contributed by atoms with Gasteiger partial charge in [-0.1, -0.05) is 12.5 Å². The molecule has 110 valence electrons. The van der Waals surface area contributed by atoms with Gasteiger partial charge in [0.1, 0.15) is 12.4 Å². The first-order valence-electron chi connectivity index (χ1n) is 7.88. The van der Waals surface area contributed by atoms with Gasteiger partial charge in [-0.25, -0.2) is 0 Å². The first-order chi connectivity index (χ1) is 9.67. The lowest BCUT2D eigenvalue weighted by Crippen LogP contribution is -2.51. The molecule has 1 fully saturated rings. The van der Waals surface area contributed by atoms with Crippen molar-refractivity contribution >= 4 is 5.69 Å². The summed E-state index contributed by atoms with van der Waals surface area (Å²) in [7, 11) is 2.22. The molecule has 1 N–H and O–H groups in total. The van der Waals surface area contributed by atoms with Gasteiger partial charge in [0.05, 0.1) is 5.54 Å². The number of rotatable bonds is 3. The third-order valence-corrected chi connectivity index (χ3v) is 4.95. The molecule has 0 amide bonds. The van der Waals surface area contributed by atoms with Crippen LogP contribution < -0.4 is 10.1 Å². The van der Waals surface area contributed by atoms with Crippen molar-refractivity contribution in [1.29, 1.82) is 0 Å². The number of nitrogens with one attached hydrogen (secondary N) is 1. The van der Waals surface area contributed by atoms with Crippen molar-refractivity contribution in [2.75, 3.05) is 32.1 Å². The summed E-state index contributed by atoms with van der Waals surface area (Å²) in [6.07, 6.45) is 6.27. The molecule has 0 saturated carbocycles. The molecule has 3 rings (SSSR count). The van der Waals surface area contributed by atoms with Crippen LogP contribution in [0.4, 0.5) is 5.69 Å². The van der Waals surface area contributed by atoms with Gasteiger partial charge in [-0.05, 0) is 57.8 Å². The van der Waals surface area contributed by atoms with Gasteiger partial charge >= 0.3 is 0 Å². The molecule has 1 saturated heterocycles. The quantitative estimate of drug-likeness (QED) is 0.915. The zero-order valence-corrected chi connectivity index (χ0v) is 12.7. The summed E-state index contributed by atoms with van der Waals surface area (Å²) in [5, 5.41) is 3.47. The first kappa shape index (κ1) is 13.7. The summed E-state index contributed by atoms with van der Waals surface area (Å²) in [5.41, 5.74) is 2.86. The minimum Gasteiger partial charge on any atom is -0.492 e. The Balaban J connectivity index is 1.66. The predicted molar refractivity (Wildman–Crippen MR) is 83.6 cm³/mol. The van der Waals surface area contributed by atoms with Gasteiger partial charge in [0, 0.05) is 18.3 Å². The number of likely N-dealkylation sites (N-methyl/N-ethyl adjacent to an activating group) is 1. The standard InChI is InChI=1S/C17H26N2O/c1-17(9-3-4-11-19(17)2)13-20-15-8-7-14-6-5-10-18-16(14)12-15/h7-8,12,18H,3-6,9-11,13H2,1-2H3. The molecule has 0 spiro atoms. The number of nitrogens with zero attached hydrogens (tertiary/aromatic N) is 1. The van der Waals surface area contributed by atoms with Crippen LogP contribution in [-0.4, -0.2) is 37.2 Å². The third kappa shape index (κ3) is 2.78. The summed E-state index contributed by atoms with van der Waals surface area (Å²) < 4.78 is 6.10. The zero-order chi connectivity index (χ0) is 14.0. The van der Waals surface area contributed by atoms with E-state index in [1.165, 1.54) is 49.9 Å². The normalized spacial score (nSPS) is 26.7. The van der Waals surface area contributed by atoms with Crippen LogP contribution in [-0.2, 0) is 6.42 Å². The average molecular weight is 274 g/mol. The van der Waals surface area contributed by atoms with Crippen LogP contribution >= 0.6 is 0 Å². The Morgan fingerprint density at radius 3 is 3.05 bits per heavy atom. The van der Waals surface area contributed by atoms with Crippen LogP contribution in [0.2, 0.25) is 0 Å². The molecule has 2 heterocycles. The van der Waals surface area contributed by atoms with Crippen molar-refractivity contribution < 1.29 is 4.74 Å². The van der Waals surface area contributed by atoms with E-state index >= 15 is 0 Å². The maximum atomic E-state index is 6.10. The molecule has 0 aliphatic carbocycles. The Morgan fingerprint density at radius 1 is 1.30 bits per heavy atom. The number of benzene rings is 1. The maximum absolute atomic E-state index is 6.10. The fraction of sp³-hybridized carbons (Fsp3) is 0.647. The minimum atomic E-state index is 0.182. The number of piperidine rings is 1. The second-order valence-electron chi connectivity index (χ2n) is 6.51. The lowest BCUT2D eigenvalue weighted by molar-refractivity contribution is 0.0421. The molecule has 0 radical (unpaired) electrons. The second kappa shape index (κ2) is 5.65. The molecular weight excluding hydrogens is 248 g/mol. The van der Waals surface area contributed by atoms with Crippen LogP contribution in [0, 0.1) is 0 Å². The molecule has 3 heteroatoms. The first-order valence-corrected chi connectivity index (χ1v) is 7.88. The number of hydrogen-bond acceptors (Lipinski definition) is 3. The Morgan fingerprint density at radius 2 is 2.20 bits per heavy atom. The minimum absolute atomic E-state index is 0.182. The lowest BCUT2D eigenvalue weighted by atomic mass is 9.90. The smallest absolute Gasteiger partial charge is 0.121 e. The van der Waals surface area contributed by atoms with Gasteiger partial charge in [0.2, 0.25) is 0 Å². The summed E-state index contributed by atoms with van der Waals surface area (Å²) in [5.74, 6) is 0.998. The predicted octanol–water partition coefficient (Wildman–Crippen LogP) is 3.30. The number of fused-ring (bicyclic) bond motifs is 1. The van der Waals surface area contributed by atoms with Crippen molar-refractivity contribution in [2.45, 2.75) is 44.6 Å². The van der Waals surface area contributed by atoms with Gasteiger partial charge in [0.15, 0.2) is 0 Å². The highest BCUT2D eigenvalue weighted by Gasteiger charge is 2.32. The molecule has 0 bridgehead atoms. The Labute approximate surface area is 122 Å². The highest BCUT2D eigenvalue weighted by Crippen LogP contribution is 2.30. The largest absolute Gasteiger partial charge is 0.492 e. The Hall–Kier alpha value is -1.22. The Bertz CT molecular complexity index is 474. The van der Waals surface area contributed by atoms with Crippen molar-refractivity contribution in [3.63, 3.8) is 0 Å².